The molecule has 1 aliphatic heterocycles. The van der Waals surface area contributed by atoms with Crippen LogP contribution in [0.15, 0.2) is 19.7 Å². The molecule has 0 aromatic carbocycles. The fraction of sp³-hybridized carbons (Fsp3) is 0.200. The minimum atomic E-state index is 0.151. The molecule has 1 heterocycles. The van der Waals surface area contributed by atoms with Gasteiger partial charge in [0.25, 0.3) is 0 Å². The molecule has 5 heteroatoms. The summed E-state index contributed by atoms with van der Waals surface area (Å²) in [5.41, 5.74) is 0. The molecule has 0 amide bonds. The van der Waals surface area contributed by atoms with E-state index in [0.29, 0.717) is 0 Å². The standard InChI is InChI=1S/C5H6OSe4/c7-2-1-6-5(10)4(9)3(2)8/h1,5,7-10H. The molecule has 1 aliphatic rings. The zero-order valence-corrected chi connectivity index (χ0v) is 12.4. The molecule has 0 fully saturated rings. The summed E-state index contributed by atoms with van der Waals surface area (Å²) < 4.78 is 8.87. The van der Waals surface area contributed by atoms with Crippen LogP contribution < -0.4 is 0 Å². The van der Waals surface area contributed by atoms with Gasteiger partial charge in [0.15, 0.2) is 0 Å². The molecule has 0 spiro atoms. The van der Waals surface area contributed by atoms with Gasteiger partial charge >= 0.3 is 93.5 Å². The zero-order chi connectivity index (χ0) is 7.72. The van der Waals surface area contributed by atoms with Crippen molar-refractivity contribution in [3.63, 3.8) is 0 Å². The molecule has 1 nitrogen and oxygen atoms in total. The van der Waals surface area contributed by atoms with E-state index in [1.165, 1.54) is 8.94 Å². The van der Waals surface area contributed by atoms with Gasteiger partial charge in [0.05, 0.1) is 0 Å². The van der Waals surface area contributed by atoms with Crippen LogP contribution in [-0.4, -0.2) is 69.1 Å². The first-order valence-electron chi connectivity index (χ1n) is 2.48. The first-order chi connectivity index (χ1) is 4.63. The Morgan fingerprint density at radius 3 is 2.40 bits per heavy atom. The zero-order valence-electron chi connectivity index (χ0n) is 4.85. The van der Waals surface area contributed by atoms with E-state index in [0.717, 1.165) is 4.47 Å². The number of allylic oxidation sites excluding steroid dienone is 2. The van der Waals surface area contributed by atoms with Gasteiger partial charge in [-0.3, -0.25) is 0 Å². The molecular weight excluding hydrogens is 392 g/mol. The van der Waals surface area contributed by atoms with Crippen molar-refractivity contribution in [2.75, 3.05) is 0 Å². The normalized spacial score (nSPS) is 26.0. The average Bonchev–Trinajstić information content (AvgIpc) is 1.93. The van der Waals surface area contributed by atoms with Crippen LogP contribution in [0.3, 0.4) is 0 Å². The fourth-order valence-electron chi connectivity index (χ4n) is 0.497. The molecule has 10 heavy (non-hydrogen) atoms. The second-order valence-electron chi connectivity index (χ2n) is 1.73. The Bertz CT molecular complexity index is 208. The maximum atomic E-state index is 5.28. The fourth-order valence-corrected chi connectivity index (χ4v) is 2.91. The minimum absolute atomic E-state index is 0.151. The second kappa shape index (κ2) is 3.85. The molecular formula is C5H6OSe4. The van der Waals surface area contributed by atoms with Crippen LogP contribution in [0.5, 0.6) is 0 Å². The van der Waals surface area contributed by atoms with Crippen molar-refractivity contribution in [3.8, 4) is 0 Å². The molecule has 0 aromatic rings. The van der Waals surface area contributed by atoms with Crippen LogP contribution in [0.2, 0.25) is 0 Å². The van der Waals surface area contributed by atoms with Crippen molar-refractivity contribution in [1.29, 1.82) is 0 Å². The van der Waals surface area contributed by atoms with E-state index < -0.39 is 0 Å². The Morgan fingerprint density at radius 2 is 1.90 bits per heavy atom. The van der Waals surface area contributed by atoms with Crippen LogP contribution in [0.4, 0.5) is 0 Å². The van der Waals surface area contributed by atoms with E-state index in [4.69, 9.17) is 4.74 Å². The van der Waals surface area contributed by atoms with Crippen molar-refractivity contribution < 1.29 is 4.74 Å². The van der Waals surface area contributed by atoms with E-state index in [1.807, 2.05) is 0 Å². The van der Waals surface area contributed by atoms with Crippen molar-refractivity contribution in [2.24, 2.45) is 0 Å². The van der Waals surface area contributed by atoms with Gasteiger partial charge in [0, 0.05) is 0 Å². The van der Waals surface area contributed by atoms with Crippen LogP contribution in [-0.2, 0) is 4.74 Å². The summed E-state index contributed by atoms with van der Waals surface area (Å²) in [6.07, 6.45) is 1.77. The molecule has 0 aromatic heterocycles. The summed E-state index contributed by atoms with van der Waals surface area (Å²) >= 11 is 10.0. The SMILES string of the molecule is [SeH]C1=COC([SeH])C([SeH])=C1[SeH]. The van der Waals surface area contributed by atoms with E-state index in [9.17, 15) is 0 Å². The molecule has 56 valence electrons. The predicted octanol–water partition coefficient (Wildman–Crippen LogP) is -2.00. The summed E-state index contributed by atoms with van der Waals surface area (Å²) in [6.45, 7) is 0. The van der Waals surface area contributed by atoms with Gasteiger partial charge in [-0.05, 0) is 0 Å². The quantitative estimate of drug-likeness (QED) is 0.430. The van der Waals surface area contributed by atoms with Gasteiger partial charge in [-0.1, -0.05) is 0 Å². The molecule has 1 atom stereocenters. The van der Waals surface area contributed by atoms with Crippen LogP contribution in [0.1, 0.15) is 0 Å². The summed E-state index contributed by atoms with van der Waals surface area (Å²) in [5.74, 6) is 0. The van der Waals surface area contributed by atoms with Gasteiger partial charge < -0.3 is 0 Å². The maximum absolute atomic E-state index is 5.28. The average molecular weight is 398 g/mol. The third kappa shape index (κ3) is 1.94. The second-order valence-corrected chi connectivity index (χ2v) is 5.67. The van der Waals surface area contributed by atoms with E-state index in [1.54, 1.807) is 6.26 Å². The van der Waals surface area contributed by atoms with Gasteiger partial charge in [-0.2, -0.15) is 0 Å². The summed E-state index contributed by atoms with van der Waals surface area (Å²) in [6, 6.07) is 0. The number of ether oxygens (including phenoxy) is 1. The Kier molecular flexibility index (Phi) is 3.63. The van der Waals surface area contributed by atoms with Crippen LogP contribution in [0, 0.1) is 0 Å². The molecule has 0 saturated heterocycles. The van der Waals surface area contributed by atoms with Gasteiger partial charge in [-0.15, -0.1) is 0 Å². The van der Waals surface area contributed by atoms with Crippen molar-refractivity contribution >= 4 is 64.1 Å². The van der Waals surface area contributed by atoms with E-state index in [-0.39, 0.29) is 5.00 Å². The van der Waals surface area contributed by atoms with Crippen molar-refractivity contribution in [1.82, 2.24) is 0 Å². The van der Waals surface area contributed by atoms with Crippen molar-refractivity contribution in [3.05, 3.63) is 19.7 Å². The molecule has 1 unspecified atom stereocenters. The van der Waals surface area contributed by atoms with Gasteiger partial charge in [0.2, 0.25) is 0 Å². The molecule has 0 radical (unpaired) electrons. The predicted molar refractivity (Wildman–Crippen MR) is 48.6 cm³/mol. The Balaban J connectivity index is 2.94. The van der Waals surface area contributed by atoms with Gasteiger partial charge in [0.1, 0.15) is 0 Å². The third-order valence-corrected chi connectivity index (χ3v) is 7.11. The summed E-state index contributed by atoms with van der Waals surface area (Å²) in [7, 11) is 0. The monoisotopic (exact) mass is 402 g/mol. The van der Waals surface area contributed by atoms with Crippen LogP contribution >= 0.6 is 0 Å². The summed E-state index contributed by atoms with van der Waals surface area (Å²) in [5, 5.41) is 0.151. The van der Waals surface area contributed by atoms with Crippen molar-refractivity contribution in [2.45, 2.75) is 5.00 Å². The molecule has 0 bridgehead atoms. The molecule has 0 aliphatic carbocycles. The van der Waals surface area contributed by atoms with Crippen LogP contribution in [0.25, 0.3) is 0 Å². The van der Waals surface area contributed by atoms with E-state index >= 15 is 0 Å². The van der Waals surface area contributed by atoms with Gasteiger partial charge in [-0.25, -0.2) is 0 Å². The Hall–Kier alpha value is 1.36. The number of hydrogen-bond donors (Lipinski definition) is 0. The topological polar surface area (TPSA) is 9.23 Å². The third-order valence-electron chi connectivity index (χ3n) is 1.03. The van der Waals surface area contributed by atoms with E-state index in [2.05, 4.69) is 64.1 Å². The molecule has 0 N–H and O–H groups in total. The Morgan fingerprint density at radius 1 is 1.30 bits per heavy atom. The summed E-state index contributed by atoms with van der Waals surface area (Å²) in [4.78, 5) is 0. The molecule has 0 saturated carbocycles. The number of hydrogen-bond acceptors (Lipinski definition) is 1. The first kappa shape index (κ1) is 9.45. The first-order valence-corrected chi connectivity index (χ1v) is 6.38. The molecule has 1 rings (SSSR count). The number of rotatable bonds is 0. The Labute approximate surface area is 92.7 Å².